The van der Waals surface area contributed by atoms with Gasteiger partial charge in [-0.15, -0.1) is 0 Å². The minimum Gasteiger partial charge on any atom is -0.368 e. The Labute approximate surface area is 285 Å². The number of fused-ring (bicyclic) bond motifs is 1. The molecule has 0 spiro atoms. The molecule has 6 N–H and O–H groups in total. The van der Waals surface area contributed by atoms with Crippen LogP contribution in [0.1, 0.15) is 37.5 Å². The Morgan fingerprint density at radius 2 is 1.18 bits per heavy atom. The van der Waals surface area contributed by atoms with E-state index in [-0.39, 0.29) is 19.3 Å². The zero-order chi connectivity index (χ0) is 35.6. The summed E-state index contributed by atoms with van der Waals surface area (Å²) in [7, 11) is 0. The van der Waals surface area contributed by atoms with E-state index in [4.69, 9.17) is 5.73 Å². The molecule has 0 bridgehead atoms. The summed E-state index contributed by atoms with van der Waals surface area (Å²) in [5.74, 6) is -4.68. The van der Waals surface area contributed by atoms with Crippen LogP contribution in [0.2, 0.25) is 0 Å². The first-order valence-electron chi connectivity index (χ1n) is 15.9. The van der Waals surface area contributed by atoms with E-state index in [1.807, 2.05) is 60.7 Å². The van der Waals surface area contributed by atoms with E-state index < -0.39 is 59.0 Å². The molecule has 4 aromatic carbocycles. The average molecular weight is 664 g/mol. The van der Waals surface area contributed by atoms with Crippen molar-refractivity contribution in [1.29, 1.82) is 0 Å². The highest BCUT2D eigenvalue weighted by Gasteiger charge is 2.34. The highest BCUT2D eigenvalue weighted by Crippen LogP contribution is 2.17. The smallest absolute Gasteiger partial charge is 0.290 e. The first kappa shape index (κ1) is 36.0. The monoisotopic (exact) mass is 663 g/mol. The van der Waals surface area contributed by atoms with E-state index in [0.717, 1.165) is 21.9 Å². The molecule has 0 saturated heterocycles. The van der Waals surface area contributed by atoms with Crippen molar-refractivity contribution in [3.63, 3.8) is 0 Å². The van der Waals surface area contributed by atoms with Crippen LogP contribution in [-0.2, 0) is 48.0 Å². The minimum atomic E-state index is -1.42. The van der Waals surface area contributed by atoms with Crippen molar-refractivity contribution in [1.82, 2.24) is 21.3 Å². The molecule has 0 radical (unpaired) electrons. The molecule has 4 rings (SSSR count). The highest BCUT2D eigenvalue weighted by atomic mass is 16.2. The first-order valence-corrected chi connectivity index (χ1v) is 15.9. The van der Waals surface area contributed by atoms with Gasteiger partial charge >= 0.3 is 0 Å². The molecule has 3 atom stereocenters. The lowest BCUT2D eigenvalue weighted by atomic mass is 10.00. The summed E-state index contributed by atoms with van der Waals surface area (Å²) in [6.45, 7) is 4.19. The molecule has 11 heteroatoms. The molecule has 0 saturated carbocycles. The van der Waals surface area contributed by atoms with Crippen LogP contribution in [0.15, 0.2) is 103 Å². The van der Waals surface area contributed by atoms with Gasteiger partial charge in [-0.25, -0.2) is 0 Å². The largest absolute Gasteiger partial charge is 0.368 e. The van der Waals surface area contributed by atoms with Crippen LogP contribution in [0, 0.1) is 0 Å². The van der Waals surface area contributed by atoms with Crippen molar-refractivity contribution >= 4 is 46.1 Å². The van der Waals surface area contributed by atoms with E-state index in [2.05, 4.69) is 21.3 Å². The molecule has 5 amide bonds. The fourth-order valence-electron chi connectivity index (χ4n) is 5.16. The average Bonchev–Trinajstić information content (AvgIpc) is 3.07. The SMILES string of the molecule is CC(NC(=O)C(Cc1ccc2ccccc2c1)NC(=O)Cc1ccccc1)C(=O)C(=O)NC(Cc1ccccc1)C(=O)NC(C)(C)C(N)=O. The Bertz CT molecular complexity index is 1830. The third-order valence-electron chi connectivity index (χ3n) is 8.04. The maximum Gasteiger partial charge on any atom is 0.290 e. The molecule has 0 aliphatic heterocycles. The fraction of sp³-hybridized carbons (Fsp3) is 0.263. The van der Waals surface area contributed by atoms with Crippen LogP contribution < -0.4 is 27.0 Å². The van der Waals surface area contributed by atoms with Crippen molar-refractivity contribution in [3.8, 4) is 0 Å². The quantitative estimate of drug-likeness (QED) is 0.122. The number of hydrogen-bond acceptors (Lipinski definition) is 6. The second-order valence-corrected chi connectivity index (χ2v) is 12.5. The number of carbonyl (C=O) groups is 6. The molecule has 4 aromatic rings. The number of primary amides is 1. The number of nitrogens with two attached hydrogens (primary N) is 1. The van der Waals surface area contributed by atoms with Crippen LogP contribution in [-0.4, -0.2) is 59.0 Å². The zero-order valence-corrected chi connectivity index (χ0v) is 27.7. The number of hydrogen-bond donors (Lipinski definition) is 5. The van der Waals surface area contributed by atoms with Crippen LogP contribution in [0.4, 0.5) is 0 Å². The molecule has 0 heterocycles. The molecule has 0 aliphatic rings. The third-order valence-corrected chi connectivity index (χ3v) is 8.04. The van der Waals surface area contributed by atoms with Crippen LogP contribution in [0.5, 0.6) is 0 Å². The van der Waals surface area contributed by atoms with Crippen molar-refractivity contribution in [2.45, 2.75) is 63.7 Å². The number of benzene rings is 4. The zero-order valence-electron chi connectivity index (χ0n) is 27.7. The van der Waals surface area contributed by atoms with Gasteiger partial charge in [-0.05, 0) is 48.2 Å². The second-order valence-electron chi connectivity index (χ2n) is 12.5. The lowest BCUT2D eigenvalue weighted by Crippen LogP contribution is -2.60. The number of ketones is 1. The van der Waals surface area contributed by atoms with Crippen LogP contribution >= 0.6 is 0 Å². The molecule has 254 valence electrons. The number of amides is 5. The van der Waals surface area contributed by atoms with Gasteiger partial charge in [0.2, 0.25) is 29.4 Å². The summed E-state index contributed by atoms with van der Waals surface area (Å²) in [6.07, 6.45) is 0.179. The summed E-state index contributed by atoms with van der Waals surface area (Å²) in [5, 5.41) is 12.3. The maximum absolute atomic E-state index is 13.6. The van der Waals surface area contributed by atoms with Gasteiger partial charge in [0.1, 0.15) is 17.6 Å². The van der Waals surface area contributed by atoms with E-state index in [0.29, 0.717) is 5.56 Å². The van der Waals surface area contributed by atoms with E-state index >= 15 is 0 Å². The third kappa shape index (κ3) is 10.3. The Balaban J connectivity index is 1.48. The van der Waals surface area contributed by atoms with Gasteiger partial charge in [0.15, 0.2) is 0 Å². The number of rotatable bonds is 15. The molecule has 0 aliphatic carbocycles. The predicted molar refractivity (Wildman–Crippen MR) is 186 cm³/mol. The lowest BCUT2D eigenvalue weighted by molar-refractivity contribution is -0.141. The van der Waals surface area contributed by atoms with E-state index in [1.165, 1.54) is 20.8 Å². The molecule has 3 unspecified atom stereocenters. The summed E-state index contributed by atoms with van der Waals surface area (Å²) in [5.41, 5.74) is 6.22. The van der Waals surface area contributed by atoms with E-state index in [9.17, 15) is 28.8 Å². The standard InChI is InChI=1S/C38H41N5O6/c1-24(33(45)36(48)42-31(21-25-12-6-4-7-13-25)35(47)43-38(2,3)37(39)49)40-34(46)30(41-32(44)23-26-14-8-5-9-15-26)22-27-18-19-28-16-10-11-17-29(28)20-27/h4-20,24,30-31H,21-23H2,1-3H3,(H2,39,49)(H,40,46)(H,41,44)(H,42,48)(H,43,47). The van der Waals surface area contributed by atoms with Crippen molar-refractivity contribution in [3.05, 3.63) is 120 Å². The predicted octanol–water partition coefficient (Wildman–Crippen LogP) is 2.29. The Hall–Kier alpha value is -5.84. The van der Waals surface area contributed by atoms with Gasteiger partial charge in [0, 0.05) is 12.8 Å². The first-order chi connectivity index (χ1) is 23.3. The van der Waals surface area contributed by atoms with Crippen molar-refractivity contribution < 1.29 is 28.8 Å². The summed E-state index contributed by atoms with van der Waals surface area (Å²) in [6, 6.07) is 27.7. The van der Waals surface area contributed by atoms with E-state index in [1.54, 1.807) is 42.5 Å². The van der Waals surface area contributed by atoms with Crippen molar-refractivity contribution in [2.24, 2.45) is 5.73 Å². The molecule has 11 nitrogen and oxygen atoms in total. The second kappa shape index (κ2) is 16.3. The molecular formula is C38H41N5O6. The summed E-state index contributed by atoms with van der Waals surface area (Å²) in [4.78, 5) is 78.1. The van der Waals surface area contributed by atoms with Crippen LogP contribution in [0.3, 0.4) is 0 Å². The molecule has 49 heavy (non-hydrogen) atoms. The fourth-order valence-corrected chi connectivity index (χ4v) is 5.16. The lowest BCUT2D eigenvalue weighted by Gasteiger charge is -2.26. The Morgan fingerprint density at radius 3 is 1.82 bits per heavy atom. The minimum absolute atomic E-state index is 0.0164. The van der Waals surface area contributed by atoms with Crippen LogP contribution in [0.25, 0.3) is 10.8 Å². The molecular weight excluding hydrogens is 622 g/mol. The number of Topliss-reactive ketones (excluding diaryl/α,β-unsaturated/α-hetero) is 1. The van der Waals surface area contributed by atoms with Gasteiger partial charge in [0.05, 0.1) is 12.5 Å². The Kier molecular flexibility index (Phi) is 12.0. The maximum atomic E-state index is 13.6. The summed E-state index contributed by atoms with van der Waals surface area (Å²) < 4.78 is 0. The molecule has 0 aromatic heterocycles. The Morgan fingerprint density at radius 1 is 0.633 bits per heavy atom. The van der Waals surface area contributed by atoms with Gasteiger partial charge < -0.3 is 27.0 Å². The summed E-state index contributed by atoms with van der Waals surface area (Å²) >= 11 is 0. The van der Waals surface area contributed by atoms with Gasteiger partial charge in [-0.2, -0.15) is 0 Å². The van der Waals surface area contributed by atoms with Gasteiger partial charge in [-0.3, -0.25) is 28.8 Å². The number of nitrogens with one attached hydrogen (secondary N) is 4. The highest BCUT2D eigenvalue weighted by molar-refractivity contribution is 6.38. The van der Waals surface area contributed by atoms with Gasteiger partial charge in [-0.1, -0.05) is 103 Å². The van der Waals surface area contributed by atoms with Crippen molar-refractivity contribution in [2.75, 3.05) is 0 Å². The normalized spacial score (nSPS) is 13.0. The topological polar surface area (TPSA) is 177 Å². The van der Waals surface area contributed by atoms with Gasteiger partial charge in [0.25, 0.3) is 5.91 Å². The molecule has 0 fully saturated rings. The number of carbonyl (C=O) groups excluding carboxylic acids is 6.